The lowest BCUT2D eigenvalue weighted by atomic mass is 10.1. The maximum Gasteiger partial charge on any atom is 0.243 e. The molecule has 0 bridgehead atoms. The molecule has 0 unspecified atom stereocenters. The molecule has 0 aliphatic heterocycles. The summed E-state index contributed by atoms with van der Waals surface area (Å²) in [4.78, 5) is 27.9. The minimum absolute atomic E-state index is 0.0468. The van der Waals surface area contributed by atoms with Gasteiger partial charge in [-0.25, -0.2) is 8.42 Å². The number of hydrogen-bond donors (Lipinski definition) is 1. The molecule has 0 aliphatic carbocycles. The summed E-state index contributed by atoms with van der Waals surface area (Å²) in [7, 11) is -3.59. The van der Waals surface area contributed by atoms with Gasteiger partial charge in [-0.05, 0) is 56.9 Å². The number of nitrogens with zero attached hydrogens (tertiary/aromatic N) is 2. The second-order valence-corrected chi connectivity index (χ2v) is 11.3. The summed E-state index contributed by atoms with van der Waals surface area (Å²) >= 11 is 6.11. The Bertz CT molecular complexity index is 1110. The van der Waals surface area contributed by atoms with Gasteiger partial charge in [0.1, 0.15) is 6.04 Å². The fourth-order valence-electron chi connectivity index (χ4n) is 3.91. The topological polar surface area (TPSA) is 86.8 Å². The van der Waals surface area contributed by atoms with Gasteiger partial charge < -0.3 is 10.2 Å². The Balaban J connectivity index is 2.22. The van der Waals surface area contributed by atoms with E-state index in [1.807, 2.05) is 58.0 Å². The van der Waals surface area contributed by atoms with Gasteiger partial charge in [0.25, 0.3) is 0 Å². The van der Waals surface area contributed by atoms with E-state index in [2.05, 4.69) is 5.32 Å². The standard InChI is InChI=1S/C26H36ClN3O4S/c1-6-23(26(32)28-19(2)3)29(18-21-11-8-7-9-12-21)25(31)13-10-16-30(35(5,33)34)24-17-22(27)15-14-20(24)4/h7-9,11-12,14-15,17,19,23H,6,10,13,16,18H2,1-5H3,(H,28,32)/t23-/m0/s1. The highest BCUT2D eigenvalue weighted by atomic mass is 35.5. The summed E-state index contributed by atoms with van der Waals surface area (Å²) in [6, 6.07) is 13.9. The average molecular weight is 522 g/mol. The molecule has 2 aromatic rings. The quantitative estimate of drug-likeness (QED) is 0.444. The number of sulfonamides is 1. The van der Waals surface area contributed by atoms with Gasteiger partial charge in [0.2, 0.25) is 21.8 Å². The molecule has 192 valence electrons. The summed E-state index contributed by atoms with van der Waals surface area (Å²) in [5, 5.41) is 3.35. The van der Waals surface area contributed by atoms with Gasteiger partial charge in [-0.3, -0.25) is 13.9 Å². The van der Waals surface area contributed by atoms with Gasteiger partial charge >= 0.3 is 0 Å². The molecule has 7 nitrogen and oxygen atoms in total. The van der Waals surface area contributed by atoms with Gasteiger partial charge in [0.15, 0.2) is 0 Å². The Morgan fingerprint density at radius 1 is 1.09 bits per heavy atom. The molecule has 0 saturated heterocycles. The summed E-state index contributed by atoms with van der Waals surface area (Å²) in [5.41, 5.74) is 2.19. The lowest BCUT2D eigenvalue weighted by Gasteiger charge is -2.31. The van der Waals surface area contributed by atoms with E-state index < -0.39 is 16.1 Å². The molecule has 2 rings (SSSR count). The summed E-state index contributed by atoms with van der Waals surface area (Å²) in [6.07, 6.45) is 2.00. The van der Waals surface area contributed by atoms with Crippen molar-refractivity contribution >= 4 is 39.1 Å². The molecule has 0 aromatic heterocycles. The Labute approximate surface area is 214 Å². The Hall–Kier alpha value is -2.58. The molecule has 0 aliphatic rings. The summed E-state index contributed by atoms with van der Waals surface area (Å²) < 4.78 is 26.3. The van der Waals surface area contributed by atoms with Crippen LogP contribution in [-0.2, 0) is 26.2 Å². The third kappa shape index (κ3) is 8.54. The second kappa shape index (κ2) is 12.9. The molecule has 9 heteroatoms. The van der Waals surface area contributed by atoms with Crippen molar-refractivity contribution in [2.45, 2.75) is 65.6 Å². The number of nitrogens with one attached hydrogen (secondary N) is 1. The van der Waals surface area contributed by atoms with Crippen LogP contribution in [0.25, 0.3) is 0 Å². The van der Waals surface area contributed by atoms with E-state index in [1.165, 1.54) is 4.31 Å². The zero-order valence-corrected chi connectivity index (χ0v) is 22.7. The van der Waals surface area contributed by atoms with Crippen LogP contribution in [-0.4, -0.2) is 50.0 Å². The third-order valence-corrected chi connectivity index (χ3v) is 7.02. The van der Waals surface area contributed by atoms with Crippen molar-refractivity contribution in [3.63, 3.8) is 0 Å². The van der Waals surface area contributed by atoms with Gasteiger partial charge in [-0.1, -0.05) is 54.9 Å². The van der Waals surface area contributed by atoms with E-state index >= 15 is 0 Å². The minimum Gasteiger partial charge on any atom is -0.352 e. The summed E-state index contributed by atoms with van der Waals surface area (Å²) in [6.45, 7) is 7.88. The molecule has 1 atom stereocenters. The molecule has 0 saturated carbocycles. The van der Waals surface area contributed by atoms with Crippen LogP contribution in [0.1, 0.15) is 51.2 Å². The number of anilines is 1. The number of hydrogen-bond acceptors (Lipinski definition) is 4. The minimum atomic E-state index is -3.59. The molecular weight excluding hydrogens is 486 g/mol. The third-order valence-electron chi connectivity index (χ3n) is 5.60. The Morgan fingerprint density at radius 3 is 2.31 bits per heavy atom. The van der Waals surface area contributed by atoms with Crippen LogP contribution >= 0.6 is 11.6 Å². The molecule has 2 amide bonds. The highest BCUT2D eigenvalue weighted by molar-refractivity contribution is 7.92. The van der Waals surface area contributed by atoms with E-state index in [0.717, 1.165) is 17.4 Å². The van der Waals surface area contributed by atoms with Gasteiger partial charge in [-0.15, -0.1) is 0 Å². The highest BCUT2D eigenvalue weighted by Gasteiger charge is 2.29. The molecule has 2 aromatic carbocycles. The number of carbonyl (C=O) groups excluding carboxylic acids is 2. The molecule has 1 N–H and O–H groups in total. The molecule has 0 spiro atoms. The van der Waals surface area contributed by atoms with E-state index in [1.54, 1.807) is 23.1 Å². The first kappa shape index (κ1) is 28.7. The first-order valence-corrected chi connectivity index (χ1v) is 14.0. The predicted molar refractivity (Wildman–Crippen MR) is 142 cm³/mol. The van der Waals surface area contributed by atoms with E-state index in [4.69, 9.17) is 11.6 Å². The fraction of sp³-hybridized carbons (Fsp3) is 0.462. The van der Waals surface area contributed by atoms with Crippen molar-refractivity contribution in [2.75, 3.05) is 17.1 Å². The average Bonchev–Trinajstić information content (AvgIpc) is 2.77. The monoisotopic (exact) mass is 521 g/mol. The van der Waals surface area contributed by atoms with E-state index in [-0.39, 0.29) is 30.8 Å². The van der Waals surface area contributed by atoms with Crippen molar-refractivity contribution < 1.29 is 18.0 Å². The zero-order chi connectivity index (χ0) is 26.2. The maximum absolute atomic E-state index is 13.4. The number of carbonyl (C=O) groups is 2. The highest BCUT2D eigenvalue weighted by Crippen LogP contribution is 2.27. The lowest BCUT2D eigenvalue weighted by molar-refractivity contribution is -0.141. The van der Waals surface area contributed by atoms with Crippen LogP contribution in [0.5, 0.6) is 0 Å². The lowest BCUT2D eigenvalue weighted by Crippen LogP contribution is -2.50. The van der Waals surface area contributed by atoms with E-state index in [0.29, 0.717) is 30.1 Å². The van der Waals surface area contributed by atoms with Crippen LogP contribution in [0.3, 0.4) is 0 Å². The number of rotatable bonds is 12. The SMILES string of the molecule is CC[C@@H](C(=O)NC(C)C)N(Cc1ccccc1)C(=O)CCCN(c1cc(Cl)ccc1C)S(C)(=O)=O. The van der Waals surface area contributed by atoms with Crippen molar-refractivity contribution in [1.29, 1.82) is 0 Å². The molecule has 0 heterocycles. The maximum atomic E-state index is 13.4. The van der Waals surface area contributed by atoms with Crippen LogP contribution in [0, 0.1) is 6.92 Å². The normalized spacial score (nSPS) is 12.3. The van der Waals surface area contributed by atoms with Crippen LogP contribution < -0.4 is 9.62 Å². The van der Waals surface area contributed by atoms with Crippen molar-refractivity contribution in [3.05, 3.63) is 64.7 Å². The van der Waals surface area contributed by atoms with Gasteiger partial charge in [0, 0.05) is 30.6 Å². The molecule has 0 fully saturated rings. The largest absolute Gasteiger partial charge is 0.352 e. The van der Waals surface area contributed by atoms with E-state index in [9.17, 15) is 18.0 Å². The Kier molecular flexibility index (Phi) is 10.6. The second-order valence-electron chi connectivity index (χ2n) is 8.96. The van der Waals surface area contributed by atoms with Crippen molar-refractivity contribution in [2.24, 2.45) is 0 Å². The molecule has 0 radical (unpaired) electrons. The number of benzene rings is 2. The number of halogens is 1. The van der Waals surface area contributed by atoms with Crippen molar-refractivity contribution in [3.8, 4) is 0 Å². The Morgan fingerprint density at radius 2 is 1.74 bits per heavy atom. The summed E-state index contributed by atoms with van der Waals surface area (Å²) in [5.74, 6) is -0.394. The zero-order valence-electron chi connectivity index (χ0n) is 21.1. The van der Waals surface area contributed by atoms with Crippen LogP contribution in [0.2, 0.25) is 5.02 Å². The number of amides is 2. The van der Waals surface area contributed by atoms with Crippen LogP contribution in [0.15, 0.2) is 48.5 Å². The smallest absolute Gasteiger partial charge is 0.243 e. The van der Waals surface area contributed by atoms with Gasteiger partial charge in [-0.2, -0.15) is 0 Å². The van der Waals surface area contributed by atoms with Gasteiger partial charge in [0.05, 0.1) is 11.9 Å². The predicted octanol–water partition coefficient (Wildman–Crippen LogP) is 4.53. The fourth-order valence-corrected chi connectivity index (χ4v) is 5.10. The first-order chi connectivity index (χ1) is 16.4. The van der Waals surface area contributed by atoms with Crippen molar-refractivity contribution in [1.82, 2.24) is 10.2 Å². The first-order valence-electron chi connectivity index (χ1n) is 11.8. The molecular formula is C26H36ClN3O4S. The molecule has 35 heavy (non-hydrogen) atoms. The van der Waals surface area contributed by atoms with Crippen LogP contribution in [0.4, 0.5) is 5.69 Å². The number of aryl methyl sites for hydroxylation is 1.